The normalized spacial score (nSPS) is 10.7. The first kappa shape index (κ1) is 16.5. The lowest BCUT2D eigenvalue weighted by Crippen LogP contribution is -2.37. The van der Waals surface area contributed by atoms with Crippen LogP contribution in [-0.2, 0) is 23.8 Å². The largest absolute Gasteiger partial charge is 0.469 e. The number of hydrogen-bond acceptors (Lipinski definition) is 5. The molecule has 5 heteroatoms. The first-order valence-corrected chi connectivity index (χ1v) is 6.07. The molecule has 0 atom stereocenters. The van der Waals surface area contributed by atoms with E-state index < -0.39 is 17.5 Å². The topological polar surface area (TPSA) is 61.8 Å². The summed E-state index contributed by atoms with van der Waals surface area (Å²) in [6.45, 7) is 10.9. The average molecular weight is 258 g/mol. The molecular formula is C13H22O5. The second-order valence-electron chi connectivity index (χ2n) is 4.31. The molecule has 0 aromatic heterocycles. The zero-order chi connectivity index (χ0) is 14.2. The maximum Gasteiger partial charge on any atom is 0.372 e. The first-order valence-electron chi connectivity index (χ1n) is 6.07. The van der Waals surface area contributed by atoms with E-state index in [1.165, 1.54) is 13.8 Å². The molecule has 0 rings (SSSR count). The summed E-state index contributed by atoms with van der Waals surface area (Å²) in [5.74, 6) is -1.39. The van der Waals surface area contributed by atoms with Crippen molar-refractivity contribution >= 4 is 11.9 Å². The van der Waals surface area contributed by atoms with Crippen LogP contribution >= 0.6 is 0 Å². The average Bonchev–Trinajstić information content (AvgIpc) is 2.32. The van der Waals surface area contributed by atoms with Gasteiger partial charge in [-0.15, -0.1) is 0 Å². The van der Waals surface area contributed by atoms with E-state index >= 15 is 0 Å². The number of ether oxygens (including phenoxy) is 3. The number of carbonyl (C=O) groups excluding carboxylic acids is 2. The van der Waals surface area contributed by atoms with Gasteiger partial charge in [-0.25, -0.2) is 9.59 Å². The molecule has 0 heterocycles. The Labute approximate surface area is 108 Å². The van der Waals surface area contributed by atoms with E-state index in [0.29, 0.717) is 19.6 Å². The number of rotatable bonds is 8. The Bertz CT molecular complexity index is 307. The van der Waals surface area contributed by atoms with Crippen LogP contribution in [0.15, 0.2) is 12.3 Å². The number of esters is 2. The van der Waals surface area contributed by atoms with E-state index in [-0.39, 0.29) is 5.76 Å². The van der Waals surface area contributed by atoms with Crippen molar-refractivity contribution in [1.82, 2.24) is 0 Å². The Morgan fingerprint density at radius 2 is 1.56 bits per heavy atom. The molecule has 0 unspecified atom stereocenters. The van der Waals surface area contributed by atoms with E-state index in [9.17, 15) is 9.59 Å². The number of hydrogen-bond donors (Lipinski definition) is 0. The van der Waals surface area contributed by atoms with Crippen molar-refractivity contribution in [2.45, 2.75) is 46.1 Å². The van der Waals surface area contributed by atoms with Gasteiger partial charge in [0.25, 0.3) is 0 Å². The lowest BCUT2D eigenvalue weighted by molar-refractivity contribution is -0.167. The Balaban J connectivity index is 4.33. The molecule has 0 radical (unpaired) electrons. The first-order chi connectivity index (χ1) is 8.35. The van der Waals surface area contributed by atoms with Crippen LogP contribution in [0, 0.1) is 0 Å². The van der Waals surface area contributed by atoms with Gasteiger partial charge in [-0.3, -0.25) is 0 Å². The molecule has 0 saturated heterocycles. The van der Waals surface area contributed by atoms with Crippen molar-refractivity contribution in [1.29, 1.82) is 0 Å². The maximum atomic E-state index is 11.7. The third kappa shape index (κ3) is 5.70. The lowest BCUT2D eigenvalue weighted by Gasteiger charge is -2.24. The zero-order valence-corrected chi connectivity index (χ0v) is 11.6. The SMILES string of the molecule is C=C(OC(C)(C)C(=O)OCCC)C(=O)OCCC. The third-order valence-electron chi connectivity index (χ3n) is 1.97. The van der Waals surface area contributed by atoms with Crippen LogP contribution in [0.4, 0.5) is 0 Å². The minimum absolute atomic E-state index is 0.193. The molecule has 0 spiro atoms. The molecule has 104 valence electrons. The molecule has 18 heavy (non-hydrogen) atoms. The highest BCUT2D eigenvalue weighted by Crippen LogP contribution is 2.17. The predicted octanol–water partition coefficient (Wildman–Crippen LogP) is 2.20. The van der Waals surface area contributed by atoms with E-state index in [2.05, 4.69) is 6.58 Å². The van der Waals surface area contributed by atoms with Crippen molar-refractivity contribution in [2.75, 3.05) is 13.2 Å². The van der Waals surface area contributed by atoms with Gasteiger partial charge in [-0.05, 0) is 33.3 Å². The van der Waals surface area contributed by atoms with Gasteiger partial charge in [0.05, 0.1) is 13.2 Å². The van der Waals surface area contributed by atoms with Crippen molar-refractivity contribution in [2.24, 2.45) is 0 Å². The Morgan fingerprint density at radius 3 is 2.06 bits per heavy atom. The Kier molecular flexibility index (Phi) is 7.08. The molecule has 0 saturated carbocycles. The highest BCUT2D eigenvalue weighted by Gasteiger charge is 2.33. The van der Waals surface area contributed by atoms with Crippen LogP contribution < -0.4 is 0 Å². The molecule has 0 N–H and O–H groups in total. The van der Waals surface area contributed by atoms with Crippen LogP contribution in [0.5, 0.6) is 0 Å². The molecule has 5 nitrogen and oxygen atoms in total. The molecule has 0 amide bonds. The van der Waals surface area contributed by atoms with Gasteiger partial charge >= 0.3 is 11.9 Å². The summed E-state index contributed by atoms with van der Waals surface area (Å²) in [6.07, 6.45) is 1.43. The van der Waals surface area contributed by atoms with E-state index in [4.69, 9.17) is 14.2 Å². The monoisotopic (exact) mass is 258 g/mol. The summed E-state index contributed by atoms with van der Waals surface area (Å²) in [4.78, 5) is 23.1. The van der Waals surface area contributed by atoms with E-state index in [1.54, 1.807) is 0 Å². The smallest absolute Gasteiger partial charge is 0.372 e. The summed E-state index contributed by atoms with van der Waals surface area (Å²) >= 11 is 0. The van der Waals surface area contributed by atoms with Gasteiger partial charge in [0.1, 0.15) is 0 Å². The second kappa shape index (κ2) is 7.74. The highest BCUT2D eigenvalue weighted by atomic mass is 16.6. The summed E-state index contributed by atoms with van der Waals surface area (Å²) in [7, 11) is 0. The molecule has 0 aliphatic carbocycles. The molecule has 0 fully saturated rings. The summed E-state index contributed by atoms with van der Waals surface area (Å²) < 4.78 is 15.0. The fourth-order valence-corrected chi connectivity index (χ4v) is 1.04. The van der Waals surface area contributed by atoms with Crippen molar-refractivity contribution in [3.63, 3.8) is 0 Å². The fraction of sp³-hybridized carbons (Fsp3) is 0.692. The fourth-order valence-electron chi connectivity index (χ4n) is 1.04. The van der Waals surface area contributed by atoms with Gasteiger partial charge in [-0.1, -0.05) is 13.8 Å². The maximum absolute atomic E-state index is 11.7. The standard InChI is InChI=1S/C13H22O5/c1-6-8-16-11(14)10(3)18-13(4,5)12(15)17-9-7-2/h3,6-9H2,1-2,4-5H3. The van der Waals surface area contributed by atoms with Crippen LogP contribution in [0.25, 0.3) is 0 Å². The van der Waals surface area contributed by atoms with Gasteiger partial charge in [0.15, 0.2) is 5.76 Å². The zero-order valence-electron chi connectivity index (χ0n) is 11.6. The van der Waals surface area contributed by atoms with Gasteiger partial charge < -0.3 is 14.2 Å². The number of carbonyl (C=O) groups is 2. The highest BCUT2D eigenvalue weighted by molar-refractivity contribution is 5.87. The van der Waals surface area contributed by atoms with Crippen LogP contribution in [0.2, 0.25) is 0 Å². The van der Waals surface area contributed by atoms with E-state index in [0.717, 1.165) is 6.42 Å². The molecule has 0 aromatic rings. The lowest BCUT2D eigenvalue weighted by atomic mass is 10.1. The van der Waals surface area contributed by atoms with Crippen LogP contribution in [0.1, 0.15) is 40.5 Å². The minimum atomic E-state index is -1.25. The quantitative estimate of drug-likeness (QED) is 0.379. The molecule has 0 aliphatic rings. The van der Waals surface area contributed by atoms with Crippen molar-refractivity contribution in [3.05, 3.63) is 12.3 Å². The molecule has 0 aliphatic heterocycles. The molecule has 0 aromatic carbocycles. The van der Waals surface area contributed by atoms with E-state index in [1.807, 2.05) is 13.8 Å². The van der Waals surface area contributed by atoms with Gasteiger partial charge in [-0.2, -0.15) is 0 Å². The third-order valence-corrected chi connectivity index (χ3v) is 1.97. The van der Waals surface area contributed by atoms with Crippen molar-refractivity contribution < 1.29 is 23.8 Å². The predicted molar refractivity (Wildman–Crippen MR) is 66.8 cm³/mol. The van der Waals surface area contributed by atoms with Crippen molar-refractivity contribution in [3.8, 4) is 0 Å². The molecular weight excluding hydrogens is 236 g/mol. The second-order valence-corrected chi connectivity index (χ2v) is 4.31. The Morgan fingerprint density at radius 1 is 1.06 bits per heavy atom. The van der Waals surface area contributed by atoms with Gasteiger partial charge in [0, 0.05) is 0 Å². The van der Waals surface area contributed by atoms with Crippen LogP contribution in [-0.4, -0.2) is 30.8 Å². The molecule has 0 bridgehead atoms. The Hall–Kier alpha value is -1.52. The van der Waals surface area contributed by atoms with Crippen LogP contribution in [0.3, 0.4) is 0 Å². The minimum Gasteiger partial charge on any atom is -0.469 e. The van der Waals surface area contributed by atoms with Gasteiger partial charge in [0.2, 0.25) is 5.60 Å². The summed E-state index contributed by atoms with van der Waals surface area (Å²) in [6, 6.07) is 0. The summed E-state index contributed by atoms with van der Waals surface area (Å²) in [5.41, 5.74) is -1.25. The summed E-state index contributed by atoms with van der Waals surface area (Å²) in [5, 5.41) is 0.